The van der Waals surface area contributed by atoms with Crippen LogP contribution >= 0.6 is 34.5 Å². The third kappa shape index (κ3) is 4.61. The van der Waals surface area contributed by atoms with Gasteiger partial charge in [-0.1, -0.05) is 23.2 Å². The fourth-order valence-corrected chi connectivity index (χ4v) is 5.96. The second kappa shape index (κ2) is 9.53. The fraction of sp³-hybridized carbons (Fsp3) is 0.240. The van der Waals surface area contributed by atoms with Crippen molar-refractivity contribution in [3.05, 3.63) is 86.7 Å². The van der Waals surface area contributed by atoms with Gasteiger partial charge in [-0.05, 0) is 37.1 Å². The Morgan fingerprint density at radius 1 is 1.08 bits per heavy atom. The number of aryl methyl sites for hydroxylation is 1. The highest BCUT2D eigenvalue weighted by atomic mass is 35.5. The molecular weight excluding hydrogens is 533 g/mol. The first kappa shape index (κ1) is 24.1. The maximum Gasteiger partial charge on any atom is 0.274 e. The normalized spacial score (nSPS) is 17.8. The lowest BCUT2D eigenvalue weighted by Crippen LogP contribution is -2.33. The van der Waals surface area contributed by atoms with Gasteiger partial charge < -0.3 is 19.4 Å². The van der Waals surface area contributed by atoms with Crippen LogP contribution in [0.1, 0.15) is 50.6 Å². The molecule has 0 radical (unpaired) electrons. The van der Waals surface area contributed by atoms with Gasteiger partial charge in [0.05, 0.1) is 28.6 Å². The second-order valence-corrected chi connectivity index (χ2v) is 10.8. The van der Waals surface area contributed by atoms with Crippen molar-refractivity contribution in [2.24, 2.45) is 5.73 Å². The van der Waals surface area contributed by atoms with Gasteiger partial charge in [0.15, 0.2) is 5.78 Å². The standard InChI is InChI=1S/C25H21Cl2N7O2S/c26-14-5-6-32-13-29-17(20(32)7-14)2-3-22(35)19-12-37-24(31-19)21-8-16(28)10-34(21)25(36)18-11-33-9-15(27)1-4-23(33)30-18/h1,4-7,9,11-13,16,21H,2-3,8,10,28H2/t16-,21+/m1/s1. The van der Waals surface area contributed by atoms with Crippen molar-refractivity contribution in [1.29, 1.82) is 0 Å². The Morgan fingerprint density at radius 2 is 1.95 bits per heavy atom. The van der Waals surface area contributed by atoms with Gasteiger partial charge in [0, 0.05) is 48.0 Å². The van der Waals surface area contributed by atoms with Gasteiger partial charge >= 0.3 is 0 Å². The SMILES string of the molecule is N[C@@H]1C[C@@H](c2nc(C(=O)CCc3ncn4ccc(Cl)cc34)cs2)N(C(=O)c2cn3cc(Cl)ccc3n2)C1. The minimum Gasteiger partial charge on any atom is -0.326 e. The minimum atomic E-state index is -0.318. The Hall–Kier alpha value is -3.31. The zero-order valence-corrected chi connectivity index (χ0v) is 21.7. The van der Waals surface area contributed by atoms with Crippen molar-refractivity contribution in [3.8, 4) is 0 Å². The van der Waals surface area contributed by atoms with E-state index >= 15 is 0 Å². The summed E-state index contributed by atoms with van der Waals surface area (Å²) in [5.74, 6) is -0.311. The summed E-state index contributed by atoms with van der Waals surface area (Å²) >= 11 is 13.5. The summed E-state index contributed by atoms with van der Waals surface area (Å²) in [6.45, 7) is 0.386. The Kier molecular flexibility index (Phi) is 6.20. The summed E-state index contributed by atoms with van der Waals surface area (Å²) in [6.07, 6.45) is 8.20. The number of nitrogens with zero attached hydrogens (tertiary/aromatic N) is 6. The zero-order chi connectivity index (χ0) is 25.7. The molecular formula is C25H21Cl2N7O2S. The Morgan fingerprint density at radius 3 is 2.81 bits per heavy atom. The number of rotatable bonds is 6. The van der Waals surface area contributed by atoms with E-state index in [0.717, 1.165) is 11.2 Å². The van der Waals surface area contributed by atoms with Crippen LogP contribution in [-0.4, -0.2) is 52.9 Å². The van der Waals surface area contributed by atoms with E-state index in [1.165, 1.54) is 11.3 Å². The first-order valence-electron chi connectivity index (χ1n) is 11.7. The Bertz CT molecular complexity index is 1660. The van der Waals surface area contributed by atoms with E-state index in [2.05, 4.69) is 15.0 Å². The molecule has 0 aromatic carbocycles. The van der Waals surface area contributed by atoms with E-state index in [9.17, 15) is 9.59 Å². The van der Waals surface area contributed by atoms with Gasteiger partial charge in [-0.3, -0.25) is 9.59 Å². The van der Waals surface area contributed by atoms with Gasteiger partial charge in [0.25, 0.3) is 5.91 Å². The molecule has 1 aliphatic heterocycles. The largest absolute Gasteiger partial charge is 0.326 e. The van der Waals surface area contributed by atoms with Crippen molar-refractivity contribution >= 4 is 57.4 Å². The van der Waals surface area contributed by atoms with Crippen LogP contribution in [0.4, 0.5) is 0 Å². The molecule has 188 valence electrons. The summed E-state index contributed by atoms with van der Waals surface area (Å²) in [4.78, 5) is 41.5. The fourth-order valence-electron chi connectivity index (χ4n) is 4.68. The lowest BCUT2D eigenvalue weighted by Gasteiger charge is -2.21. The lowest BCUT2D eigenvalue weighted by molar-refractivity contribution is 0.0728. The highest BCUT2D eigenvalue weighted by Crippen LogP contribution is 2.35. The molecule has 37 heavy (non-hydrogen) atoms. The number of thiazole rings is 1. The molecule has 6 heterocycles. The molecule has 1 saturated heterocycles. The highest BCUT2D eigenvalue weighted by molar-refractivity contribution is 7.09. The Balaban J connectivity index is 1.18. The van der Waals surface area contributed by atoms with Crippen molar-refractivity contribution in [3.63, 3.8) is 0 Å². The van der Waals surface area contributed by atoms with E-state index in [1.807, 2.05) is 16.7 Å². The number of likely N-dealkylation sites (tertiary alicyclic amines) is 1. The lowest BCUT2D eigenvalue weighted by atomic mass is 10.1. The summed E-state index contributed by atoms with van der Waals surface area (Å²) in [5.41, 5.74) is 9.24. The summed E-state index contributed by atoms with van der Waals surface area (Å²) in [7, 11) is 0. The average molecular weight is 554 g/mol. The van der Waals surface area contributed by atoms with E-state index < -0.39 is 0 Å². The van der Waals surface area contributed by atoms with Crippen LogP contribution < -0.4 is 5.73 Å². The van der Waals surface area contributed by atoms with Gasteiger partial charge in [-0.2, -0.15) is 0 Å². The number of Topliss-reactive ketones (excluding diaryl/α,β-unsaturated/α-hetero) is 1. The topological polar surface area (TPSA) is 111 Å². The molecule has 0 aliphatic carbocycles. The molecule has 9 nitrogen and oxygen atoms in total. The minimum absolute atomic E-state index is 0.0805. The quantitative estimate of drug-likeness (QED) is 0.310. The third-order valence-electron chi connectivity index (χ3n) is 6.49. The van der Waals surface area contributed by atoms with Gasteiger partial charge in [-0.25, -0.2) is 15.0 Å². The van der Waals surface area contributed by atoms with Crippen LogP contribution in [0.25, 0.3) is 11.2 Å². The number of carbonyl (C=O) groups is 2. The predicted molar refractivity (Wildman–Crippen MR) is 142 cm³/mol. The molecule has 2 atom stereocenters. The number of hydrogen-bond donors (Lipinski definition) is 1. The van der Waals surface area contributed by atoms with E-state index in [1.54, 1.807) is 51.6 Å². The number of amides is 1. The maximum absolute atomic E-state index is 13.4. The van der Waals surface area contributed by atoms with Crippen molar-refractivity contribution in [1.82, 2.24) is 28.7 Å². The molecule has 5 aromatic heterocycles. The molecule has 0 spiro atoms. The summed E-state index contributed by atoms with van der Waals surface area (Å²) in [6, 6.07) is 6.60. The number of hydrogen-bond acceptors (Lipinski definition) is 7. The third-order valence-corrected chi connectivity index (χ3v) is 7.90. The first-order valence-corrected chi connectivity index (χ1v) is 13.3. The first-order chi connectivity index (χ1) is 17.9. The molecule has 0 saturated carbocycles. The number of nitrogens with two attached hydrogens (primary N) is 1. The molecule has 0 unspecified atom stereocenters. The highest BCUT2D eigenvalue weighted by Gasteiger charge is 2.37. The number of pyridine rings is 2. The number of halogens is 2. The van der Waals surface area contributed by atoms with E-state index in [4.69, 9.17) is 28.9 Å². The van der Waals surface area contributed by atoms with Crippen LogP contribution in [0.2, 0.25) is 10.0 Å². The molecule has 5 aromatic rings. The van der Waals surface area contributed by atoms with Gasteiger partial charge in [-0.15, -0.1) is 11.3 Å². The van der Waals surface area contributed by atoms with E-state index in [-0.39, 0.29) is 30.2 Å². The molecule has 12 heteroatoms. The monoisotopic (exact) mass is 553 g/mol. The van der Waals surface area contributed by atoms with Crippen LogP contribution in [0.3, 0.4) is 0 Å². The molecule has 1 amide bonds. The van der Waals surface area contributed by atoms with Crippen LogP contribution in [0.15, 0.2) is 54.6 Å². The van der Waals surface area contributed by atoms with Crippen molar-refractivity contribution in [2.45, 2.75) is 31.3 Å². The van der Waals surface area contributed by atoms with Gasteiger partial charge in [0.2, 0.25) is 0 Å². The number of aromatic nitrogens is 5. The summed E-state index contributed by atoms with van der Waals surface area (Å²) in [5, 5.41) is 3.61. The number of ketones is 1. The van der Waals surface area contributed by atoms with Crippen molar-refractivity contribution in [2.75, 3.05) is 6.54 Å². The van der Waals surface area contributed by atoms with E-state index in [0.29, 0.717) is 51.5 Å². The van der Waals surface area contributed by atoms with Crippen LogP contribution in [-0.2, 0) is 6.42 Å². The summed E-state index contributed by atoms with van der Waals surface area (Å²) < 4.78 is 3.59. The zero-order valence-electron chi connectivity index (χ0n) is 19.4. The van der Waals surface area contributed by atoms with Crippen LogP contribution in [0, 0.1) is 0 Å². The second-order valence-electron chi connectivity index (χ2n) is 9.03. The smallest absolute Gasteiger partial charge is 0.274 e. The molecule has 1 fully saturated rings. The maximum atomic E-state index is 13.4. The van der Waals surface area contributed by atoms with Crippen molar-refractivity contribution < 1.29 is 9.59 Å². The number of carbonyl (C=O) groups excluding carboxylic acids is 2. The molecule has 0 bridgehead atoms. The molecule has 6 rings (SSSR count). The Labute approximate surface area is 225 Å². The van der Waals surface area contributed by atoms with Crippen LogP contribution in [0.5, 0.6) is 0 Å². The number of fused-ring (bicyclic) bond motifs is 2. The molecule has 1 aliphatic rings. The average Bonchev–Trinajstić information content (AvgIpc) is 3.66. The number of imidazole rings is 2. The van der Waals surface area contributed by atoms with Gasteiger partial charge in [0.1, 0.15) is 22.0 Å². The predicted octanol–water partition coefficient (Wildman–Crippen LogP) is 4.48. The molecule has 2 N–H and O–H groups in total.